The minimum absolute atomic E-state index is 0.233. The van der Waals surface area contributed by atoms with Crippen molar-refractivity contribution in [3.8, 4) is 0 Å². The predicted octanol–water partition coefficient (Wildman–Crippen LogP) is 2.05. The quantitative estimate of drug-likeness (QED) is 0.541. The molecule has 3 rings (SSSR count). The lowest BCUT2D eigenvalue weighted by Crippen LogP contribution is -2.46. The van der Waals surface area contributed by atoms with Crippen LogP contribution in [0, 0.1) is 0 Å². The van der Waals surface area contributed by atoms with Gasteiger partial charge in [0.1, 0.15) is 5.82 Å². The van der Waals surface area contributed by atoms with E-state index in [2.05, 4.69) is 38.5 Å². The SMILES string of the molecule is CCS(=O)C1CCCC(NC(=NC)NCc2ccnc(N3CCOC(C)C3)c2)C1. The molecule has 0 bridgehead atoms. The molecule has 1 aromatic rings. The molecule has 1 saturated heterocycles. The Bertz CT molecular complexity index is 714. The molecule has 1 saturated carbocycles. The van der Waals surface area contributed by atoms with Crippen molar-refractivity contribution in [2.75, 3.05) is 37.4 Å². The standard InChI is InChI=1S/C21H35N5O2S/c1-4-29(27)19-7-5-6-18(13-19)25-21(22-3)24-14-17-8-9-23-20(12-17)26-10-11-28-16(2)15-26/h8-9,12,16,18-19H,4-7,10-11,13-15H2,1-3H3,(H2,22,24,25). The largest absolute Gasteiger partial charge is 0.375 e. The van der Waals surface area contributed by atoms with Gasteiger partial charge in [-0.05, 0) is 43.9 Å². The monoisotopic (exact) mass is 421 g/mol. The molecule has 2 fully saturated rings. The zero-order valence-corrected chi connectivity index (χ0v) is 18.7. The number of hydrogen-bond acceptors (Lipinski definition) is 5. The Morgan fingerprint density at radius 2 is 2.31 bits per heavy atom. The highest BCUT2D eigenvalue weighted by Crippen LogP contribution is 2.23. The molecule has 29 heavy (non-hydrogen) atoms. The highest BCUT2D eigenvalue weighted by molar-refractivity contribution is 7.85. The molecule has 7 nitrogen and oxygen atoms in total. The highest BCUT2D eigenvalue weighted by Gasteiger charge is 2.26. The van der Waals surface area contributed by atoms with Gasteiger partial charge in [-0.15, -0.1) is 0 Å². The molecule has 2 N–H and O–H groups in total. The first-order chi connectivity index (χ1) is 14.1. The summed E-state index contributed by atoms with van der Waals surface area (Å²) in [6, 6.07) is 4.51. The zero-order chi connectivity index (χ0) is 20.6. The van der Waals surface area contributed by atoms with Gasteiger partial charge < -0.3 is 20.3 Å². The molecule has 0 amide bonds. The van der Waals surface area contributed by atoms with Crippen LogP contribution in [-0.4, -0.2) is 65.0 Å². The molecule has 0 aromatic carbocycles. The number of anilines is 1. The summed E-state index contributed by atoms with van der Waals surface area (Å²) < 4.78 is 17.8. The van der Waals surface area contributed by atoms with Crippen LogP contribution >= 0.6 is 0 Å². The van der Waals surface area contributed by atoms with Gasteiger partial charge in [-0.1, -0.05) is 13.3 Å². The van der Waals surface area contributed by atoms with Gasteiger partial charge in [-0.3, -0.25) is 9.20 Å². The van der Waals surface area contributed by atoms with E-state index in [9.17, 15) is 4.21 Å². The maximum atomic E-state index is 12.2. The summed E-state index contributed by atoms with van der Waals surface area (Å²) in [6.07, 6.45) is 6.36. The van der Waals surface area contributed by atoms with Crippen LogP contribution < -0.4 is 15.5 Å². The summed E-state index contributed by atoms with van der Waals surface area (Å²) in [5.41, 5.74) is 1.17. The van der Waals surface area contributed by atoms with Crippen molar-refractivity contribution in [1.82, 2.24) is 15.6 Å². The second-order valence-corrected chi connectivity index (χ2v) is 9.88. The number of morpholine rings is 1. The molecular weight excluding hydrogens is 386 g/mol. The highest BCUT2D eigenvalue weighted by atomic mass is 32.2. The molecule has 1 aromatic heterocycles. The van der Waals surface area contributed by atoms with E-state index in [1.807, 2.05) is 19.2 Å². The summed E-state index contributed by atoms with van der Waals surface area (Å²) in [6.45, 7) is 7.28. The van der Waals surface area contributed by atoms with Crippen molar-refractivity contribution in [3.05, 3.63) is 23.9 Å². The normalized spacial score (nSPS) is 26.8. The predicted molar refractivity (Wildman–Crippen MR) is 120 cm³/mol. The number of rotatable bonds is 6. The Hall–Kier alpha value is -1.67. The average molecular weight is 422 g/mol. The van der Waals surface area contributed by atoms with Crippen LogP contribution in [-0.2, 0) is 22.1 Å². The first-order valence-electron chi connectivity index (χ1n) is 10.7. The molecule has 8 heteroatoms. The first kappa shape index (κ1) is 22.0. The number of pyridine rings is 1. The third-order valence-electron chi connectivity index (χ3n) is 5.68. The summed E-state index contributed by atoms with van der Waals surface area (Å²) in [4.78, 5) is 11.2. The van der Waals surface area contributed by atoms with E-state index < -0.39 is 10.8 Å². The maximum Gasteiger partial charge on any atom is 0.191 e. The Morgan fingerprint density at radius 1 is 1.45 bits per heavy atom. The Labute approximate surface area is 177 Å². The third kappa shape index (κ3) is 6.40. The molecule has 0 radical (unpaired) electrons. The summed E-state index contributed by atoms with van der Waals surface area (Å²) >= 11 is 0. The van der Waals surface area contributed by atoms with Crippen LogP contribution in [0.25, 0.3) is 0 Å². The minimum atomic E-state index is -0.713. The van der Waals surface area contributed by atoms with E-state index in [1.165, 1.54) is 5.56 Å². The second-order valence-electron chi connectivity index (χ2n) is 7.87. The Balaban J connectivity index is 1.53. The van der Waals surface area contributed by atoms with Gasteiger partial charge in [0.05, 0.1) is 12.7 Å². The van der Waals surface area contributed by atoms with E-state index in [0.29, 0.717) is 17.8 Å². The van der Waals surface area contributed by atoms with Crippen LogP contribution in [0.15, 0.2) is 23.3 Å². The molecular formula is C21H35N5O2S. The molecule has 1 aliphatic carbocycles. The number of nitrogens with one attached hydrogen (secondary N) is 2. The van der Waals surface area contributed by atoms with E-state index >= 15 is 0 Å². The number of aliphatic imine (C=N–C) groups is 1. The van der Waals surface area contributed by atoms with Crippen molar-refractivity contribution in [3.63, 3.8) is 0 Å². The van der Waals surface area contributed by atoms with Crippen molar-refractivity contribution in [2.45, 2.75) is 63.5 Å². The van der Waals surface area contributed by atoms with Crippen molar-refractivity contribution < 1.29 is 8.95 Å². The van der Waals surface area contributed by atoms with E-state index in [1.54, 1.807) is 7.05 Å². The van der Waals surface area contributed by atoms with Crippen molar-refractivity contribution in [1.29, 1.82) is 0 Å². The van der Waals surface area contributed by atoms with Crippen molar-refractivity contribution >= 4 is 22.6 Å². The number of aromatic nitrogens is 1. The van der Waals surface area contributed by atoms with E-state index in [4.69, 9.17) is 4.74 Å². The van der Waals surface area contributed by atoms with E-state index in [-0.39, 0.29) is 6.10 Å². The van der Waals surface area contributed by atoms with Gasteiger partial charge in [-0.2, -0.15) is 0 Å². The molecule has 1 aliphatic heterocycles. The second kappa shape index (κ2) is 10.9. The summed E-state index contributed by atoms with van der Waals surface area (Å²) in [7, 11) is 1.09. The minimum Gasteiger partial charge on any atom is -0.375 e. The number of ether oxygens (including phenoxy) is 1. The molecule has 162 valence electrons. The smallest absolute Gasteiger partial charge is 0.191 e. The average Bonchev–Trinajstić information content (AvgIpc) is 2.76. The van der Waals surface area contributed by atoms with Gasteiger partial charge in [0, 0.05) is 60.7 Å². The van der Waals surface area contributed by atoms with Crippen LogP contribution in [0.2, 0.25) is 0 Å². The lowest BCUT2D eigenvalue weighted by molar-refractivity contribution is 0.0529. The van der Waals surface area contributed by atoms with Gasteiger partial charge in [0.15, 0.2) is 5.96 Å². The van der Waals surface area contributed by atoms with Gasteiger partial charge >= 0.3 is 0 Å². The lowest BCUT2D eigenvalue weighted by Gasteiger charge is -2.32. The van der Waals surface area contributed by atoms with Crippen LogP contribution in [0.4, 0.5) is 5.82 Å². The van der Waals surface area contributed by atoms with Gasteiger partial charge in [0.2, 0.25) is 0 Å². The van der Waals surface area contributed by atoms with Crippen molar-refractivity contribution in [2.24, 2.45) is 4.99 Å². The lowest BCUT2D eigenvalue weighted by atomic mass is 9.95. The molecule has 0 spiro atoms. The number of hydrogen-bond donors (Lipinski definition) is 2. The van der Waals surface area contributed by atoms with Crippen LogP contribution in [0.5, 0.6) is 0 Å². The summed E-state index contributed by atoms with van der Waals surface area (Å²) in [5, 5.41) is 7.26. The number of nitrogens with zero attached hydrogens (tertiary/aromatic N) is 3. The zero-order valence-electron chi connectivity index (χ0n) is 17.9. The Morgan fingerprint density at radius 3 is 3.07 bits per heavy atom. The fourth-order valence-electron chi connectivity index (χ4n) is 4.09. The molecule has 4 unspecified atom stereocenters. The maximum absolute atomic E-state index is 12.2. The molecule has 4 atom stereocenters. The topological polar surface area (TPSA) is 78.8 Å². The molecule has 2 heterocycles. The Kier molecular flexibility index (Phi) is 8.29. The fraction of sp³-hybridized carbons (Fsp3) is 0.714. The summed E-state index contributed by atoms with van der Waals surface area (Å²) in [5.74, 6) is 2.55. The third-order valence-corrected chi connectivity index (χ3v) is 7.42. The van der Waals surface area contributed by atoms with Gasteiger partial charge in [0.25, 0.3) is 0 Å². The molecule has 2 aliphatic rings. The first-order valence-corrected chi connectivity index (χ1v) is 12.1. The number of guanidine groups is 1. The van der Waals surface area contributed by atoms with Gasteiger partial charge in [-0.25, -0.2) is 4.98 Å². The fourth-order valence-corrected chi connectivity index (χ4v) is 5.44. The van der Waals surface area contributed by atoms with Crippen LogP contribution in [0.3, 0.4) is 0 Å². The van der Waals surface area contributed by atoms with Crippen LogP contribution in [0.1, 0.15) is 45.1 Å². The van der Waals surface area contributed by atoms with E-state index in [0.717, 1.165) is 62.9 Å².